The predicted molar refractivity (Wildman–Crippen MR) is 95.2 cm³/mol. The number of rotatable bonds is 4. The Hall–Kier alpha value is -2.37. The van der Waals surface area contributed by atoms with Gasteiger partial charge in [-0.25, -0.2) is 0 Å². The van der Waals surface area contributed by atoms with Crippen LogP contribution >= 0.6 is 0 Å². The lowest BCUT2D eigenvalue weighted by atomic mass is 10.1. The van der Waals surface area contributed by atoms with E-state index in [4.69, 9.17) is 0 Å². The van der Waals surface area contributed by atoms with Gasteiger partial charge in [-0.05, 0) is 31.0 Å². The Bertz CT molecular complexity index is 680. The fourth-order valence-corrected chi connectivity index (χ4v) is 3.71. The minimum Gasteiger partial charge on any atom is -0.345 e. The van der Waals surface area contributed by atoms with Gasteiger partial charge in [0, 0.05) is 44.4 Å². The van der Waals surface area contributed by atoms with Crippen molar-refractivity contribution in [1.29, 1.82) is 0 Å². The molecule has 2 aliphatic rings. The number of nitrogens with one attached hydrogen (secondary N) is 1. The molecule has 6 nitrogen and oxygen atoms in total. The fraction of sp³-hybridized carbons (Fsp3) is 0.526. The zero-order chi connectivity index (χ0) is 18.0. The highest BCUT2D eigenvalue weighted by molar-refractivity contribution is 5.99. The fourth-order valence-electron chi connectivity index (χ4n) is 3.71. The molecule has 25 heavy (non-hydrogen) atoms. The standard InChI is InChI=1S/C19H25N3O3/c1-21(2)19(25)13-6-5-7-15(10-13)20-18(24)14-11-17(23)22(12-14)16-8-3-4-9-16/h5-7,10,14,16H,3-4,8-9,11-12H2,1-2H3,(H,20,24)/t14-/m1/s1. The number of likely N-dealkylation sites (tertiary alicyclic amines) is 1. The predicted octanol–water partition coefficient (Wildman–Crippen LogP) is 2.12. The van der Waals surface area contributed by atoms with Crippen LogP contribution in [-0.4, -0.2) is 54.2 Å². The third-order valence-corrected chi connectivity index (χ3v) is 5.08. The average molecular weight is 343 g/mol. The lowest BCUT2D eigenvalue weighted by molar-refractivity contribution is -0.129. The molecule has 0 spiro atoms. The molecule has 1 aliphatic carbocycles. The summed E-state index contributed by atoms with van der Waals surface area (Å²) in [6, 6.07) is 7.21. The molecule has 1 saturated carbocycles. The molecule has 0 aromatic heterocycles. The first-order valence-electron chi connectivity index (χ1n) is 8.88. The number of carbonyl (C=O) groups excluding carboxylic acids is 3. The molecule has 0 unspecified atom stereocenters. The first kappa shape index (κ1) is 17.5. The number of amides is 3. The van der Waals surface area contributed by atoms with Crippen LogP contribution in [0.15, 0.2) is 24.3 Å². The maximum atomic E-state index is 12.6. The summed E-state index contributed by atoms with van der Waals surface area (Å²) < 4.78 is 0. The van der Waals surface area contributed by atoms with Crippen molar-refractivity contribution in [2.45, 2.75) is 38.1 Å². The molecule has 1 saturated heterocycles. The van der Waals surface area contributed by atoms with Crippen LogP contribution in [0.25, 0.3) is 0 Å². The highest BCUT2D eigenvalue weighted by atomic mass is 16.2. The number of anilines is 1. The summed E-state index contributed by atoms with van der Waals surface area (Å²) in [5.74, 6) is -0.493. The summed E-state index contributed by atoms with van der Waals surface area (Å²) >= 11 is 0. The molecule has 134 valence electrons. The van der Waals surface area contributed by atoms with Crippen LogP contribution in [0.4, 0.5) is 5.69 Å². The van der Waals surface area contributed by atoms with Crippen molar-refractivity contribution in [3.8, 4) is 0 Å². The molecule has 1 atom stereocenters. The quantitative estimate of drug-likeness (QED) is 0.910. The van der Waals surface area contributed by atoms with Gasteiger partial charge in [-0.1, -0.05) is 18.9 Å². The number of carbonyl (C=O) groups is 3. The van der Waals surface area contributed by atoms with Crippen LogP contribution in [0, 0.1) is 5.92 Å². The Morgan fingerprint density at radius 3 is 2.60 bits per heavy atom. The number of benzene rings is 1. The summed E-state index contributed by atoms with van der Waals surface area (Å²) in [5.41, 5.74) is 1.11. The second-order valence-corrected chi connectivity index (χ2v) is 7.16. The molecule has 1 aromatic rings. The smallest absolute Gasteiger partial charge is 0.253 e. The van der Waals surface area contributed by atoms with E-state index in [0.29, 0.717) is 23.8 Å². The van der Waals surface area contributed by atoms with Crippen LogP contribution in [0.1, 0.15) is 42.5 Å². The van der Waals surface area contributed by atoms with Crippen LogP contribution in [-0.2, 0) is 9.59 Å². The van der Waals surface area contributed by atoms with Gasteiger partial charge in [-0.3, -0.25) is 14.4 Å². The van der Waals surface area contributed by atoms with Gasteiger partial charge in [-0.2, -0.15) is 0 Å². The van der Waals surface area contributed by atoms with Crippen molar-refractivity contribution >= 4 is 23.4 Å². The second-order valence-electron chi connectivity index (χ2n) is 7.16. The van der Waals surface area contributed by atoms with Gasteiger partial charge < -0.3 is 15.1 Å². The van der Waals surface area contributed by atoms with Crippen molar-refractivity contribution in [1.82, 2.24) is 9.80 Å². The third kappa shape index (κ3) is 3.83. The van der Waals surface area contributed by atoms with E-state index in [1.165, 1.54) is 4.90 Å². The molecule has 3 rings (SSSR count). The summed E-state index contributed by atoms with van der Waals surface area (Å²) in [4.78, 5) is 40.2. The van der Waals surface area contributed by atoms with Crippen LogP contribution in [0.2, 0.25) is 0 Å². The van der Waals surface area contributed by atoms with E-state index in [1.807, 2.05) is 4.90 Å². The lowest BCUT2D eigenvalue weighted by Gasteiger charge is -2.23. The molecule has 1 aromatic carbocycles. The SMILES string of the molecule is CN(C)C(=O)c1cccc(NC(=O)[C@@H]2CC(=O)N(C3CCCC3)C2)c1. The van der Waals surface area contributed by atoms with Gasteiger partial charge in [0.1, 0.15) is 0 Å². The van der Waals surface area contributed by atoms with Gasteiger partial charge in [0.2, 0.25) is 11.8 Å². The van der Waals surface area contributed by atoms with Crippen LogP contribution in [0.3, 0.4) is 0 Å². The zero-order valence-corrected chi connectivity index (χ0v) is 14.8. The van der Waals surface area contributed by atoms with Gasteiger partial charge in [0.05, 0.1) is 5.92 Å². The molecule has 0 bridgehead atoms. The Kier molecular flexibility index (Phi) is 5.06. The first-order valence-corrected chi connectivity index (χ1v) is 8.88. The Labute approximate surface area is 148 Å². The van der Waals surface area contributed by atoms with Crippen LogP contribution in [0.5, 0.6) is 0 Å². The molecule has 3 amide bonds. The Morgan fingerprint density at radius 2 is 1.92 bits per heavy atom. The first-order chi connectivity index (χ1) is 12.0. The molecule has 6 heteroatoms. The largest absolute Gasteiger partial charge is 0.345 e. The Morgan fingerprint density at radius 1 is 1.20 bits per heavy atom. The number of nitrogens with zero attached hydrogens (tertiary/aromatic N) is 2. The monoisotopic (exact) mass is 343 g/mol. The van der Waals surface area contributed by atoms with E-state index in [9.17, 15) is 14.4 Å². The van der Waals surface area contributed by atoms with E-state index < -0.39 is 0 Å². The summed E-state index contributed by atoms with van der Waals surface area (Å²) in [6.45, 7) is 0.506. The molecular formula is C19H25N3O3. The van der Waals surface area contributed by atoms with Gasteiger partial charge in [0.25, 0.3) is 5.91 Å². The van der Waals surface area contributed by atoms with Crippen molar-refractivity contribution in [2.24, 2.45) is 5.92 Å². The maximum absolute atomic E-state index is 12.6. The molecule has 2 fully saturated rings. The van der Waals surface area contributed by atoms with Crippen molar-refractivity contribution in [3.05, 3.63) is 29.8 Å². The minimum atomic E-state index is -0.318. The van der Waals surface area contributed by atoms with Gasteiger partial charge >= 0.3 is 0 Å². The average Bonchev–Trinajstić information content (AvgIpc) is 3.23. The van der Waals surface area contributed by atoms with Crippen molar-refractivity contribution in [2.75, 3.05) is 26.0 Å². The normalized spacial score (nSPS) is 20.8. The molecule has 1 heterocycles. The summed E-state index contributed by atoms with van der Waals surface area (Å²) in [7, 11) is 3.38. The molecule has 0 radical (unpaired) electrons. The van der Waals surface area contributed by atoms with Gasteiger partial charge in [-0.15, -0.1) is 0 Å². The van der Waals surface area contributed by atoms with Gasteiger partial charge in [0.15, 0.2) is 0 Å². The summed E-state index contributed by atoms with van der Waals surface area (Å²) in [6.07, 6.45) is 4.71. The minimum absolute atomic E-state index is 0.0867. The van der Waals surface area contributed by atoms with Crippen LogP contribution < -0.4 is 5.32 Å². The maximum Gasteiger partial charge on any atom is 0.253 e. The van der Waals surface area contributed by atoms with E-state index in [1.54, 1.807) is 38.4 Å². The number of hydrogen-bond donors (Lipinski definition) is 1. The van der Waals surface area contributed by atoms with E-state index >= 15 is 0 Å². The highest BCUT2D eigenvalue weighted by Gasteiger charge is 2.38. The molecular weight excluding hydrogens is 318 g/mol. The topological polar surface area (TPSA) is 69.7 Å². The highest BCUT2D eigenvalue weighted by Crippen LogP contribution is 2.30. The lowest BCUT2D eigenvalue weighted by Crippen LogP contribution is -2.35. The van der Waals surface area contributed by atoms with E-state index in [2.05, 4.69) is 5.32 Å². The number of hydrogen-bond acceptors (Lipinski definition) is 3. The zero-order valence-electron chi connectivity index (χ0n) is 14.8. The molecule has 1 N–H and O–H groups in total. The second kappa shape index (κ2) is 7.25. The van der Waals surface area contributed by atoms with E-state index in [-0.39, 0.29) is 30.1 Å². The van der Waals surface area contributed by atoms with Crippen molar-refractivity contribution < 1.29 is 14.4 Å². The Balaban J connectivity index is 1.64. The third-order valence-electron chi connectivity index (χ3n) is 5.08. The van der Waals surface area contributed by atoms with Crippen molar-refractivity contribution in [3.63, 3.8) is 0 Å². The van der Waals surface area contributed by atoms with E-state index in [0.717, 1.165) is 25.7 Å². The molecule has 1 aliphatic heterocycles. The summed E-state index contributed by atoms with van der Waals surface area (Å²) in [5, 5.41) is 2.86.